The smallest absolute Gasteiger partial charge is 0.113 e. The van der Waals surface area contributed by atoms with E-state index < -0.39 is 0 Å². The SMILES string of the molecule is Brc1ccc(COC2=CC=NC=CC2)cc1. The summed E-state index contributed by atoms with van der Waals surface area (Å²) in [5.74, 6) is 0.945. The molecule has 0 N–H and O–H groups in total. The third-order valence-corrected chi connectivity index (χ3v) is 2.72. The molecule has 0 saturated carbocycles. The van der Waals surface area contributed by atoms with Crippen molar-refractivity contribution in [1.29, 1.82) is 0 Å². The molecule has 1 aliphatic rings. The molecule has 0 amide bonds. The van der Waals surface area contributed by atoms with Crippen LogP contribution >= 0.6 is 15.9 Å². The Bertz CT molecular complexity index is 432. The van der Waals surface area contributed by atoms with Gasteiger partial charge in [0.2, 0.25) is 0 Å². The largest absolute Gasteiger partial charge is 0.493 e. The second-order valence-corrected chi connectivity index (χ2v) is 4.35. The molecule has 82 valence electrons. The van der Waals surface area contributed by atoms with Crippen LogP contribution in [0.1, 0.15) is 12.0 Å². The van der Waals surface area contributed by atoms with Gasteiger partial charge in [0.1, 0.15) is 12.4 Å². The first-order valence-corrected chi connectivity index (χ1v) is 5.88. The Balaban J connectivity index is 1.92. The number of aliphatic imine (C=N–C) groups is 1. The van der Waals surface area contributed by atoms with Gasteiger partial charge in [0.15, 0.2) is 0 Å². The fourth-order valence-corrected chi connectivity index (χ4v) is 1.60. The molecule has 0 aliphatic carbocycles. The van der Waals surface area contributed by atoms with Gasteiger partial charge in [0.05, 0.1) is 0 Å². The van der Waals surface area contributed by atoms with Gasteiger partial charge in [0.25, 0.3) is 0 Å². The molecule has 2 rings (SSSR count). The van der Waals surface area contributed by atoms with Crippen LogP contribution in [0.3, 0.4) is 0 Å². The Morgan fingerprint density at radius 1 is 1.25 bits per heavy atom. The van der Waals surface area contributed by atoms with Gasteiger partial charge in [-0.2, -0.15) is 0 Å². The van der Waals surface area contributed by atoms with Crippen molar-refractivity contribution in [1.82, 2.24) is 0 Å². The van der Waals surface area contributed by atoms with Crippen molar-refractivity contribution >= 4 is 22.1 Å². The van der Waals surface area contributed by atoms with Gasteiger partial charge in [-0.05, 0) is 23.8 Å². The van der Waals surface area contributed by atoms with Crippen molar-refractivity contribution in [3.8, 4) is 0 Å². The van der Waals surface area contributed by atoms with E-state index in [9.17, 15) is 0 Å². The molecule has 1 heterocycles. The first-order chi connectivity index (χ1) is 7.84. The predicted molar refractivity (Wildman–Crippen MR) is 69.3 cm³/mol. The van der Waals surface area contributed by atoms with Crippen LogP contribution in [-0.4, -0.2) is 6.21 Å². The highest BCUT2D eigenvalue weighted by Gasteiger charge is 1.98. The highest BCUT2D eigenvalue weighted by atomic mass is 79.9. The Morgan fingerprint density at radius 2 is 2.06 bits per heavy atom. The van der Waals surface area contributed by atoms with E-state index in [0.29, 0.717) is 6.61 Å². The van der Waals surface area contributed by atoms with Gasteiger partial charge in [0, 0.05) is 23.3 Å². The number of halogens is 1. The molecule has 3 heteroatoms. The summed E-state index contributed by atoms with van der Waals surface area (Å²) in [5.41, 5.74) is 1.16. The van der Waals surface area contributed by atoms with Gasteiger partial charge in [-0.15, -0.1) is 0 Å². The average Bonchev–Trinajstić information content (AvgIpc) is 2.57. The van der Waals surface area contributed by atoms with Crippen molar-refractivity contribution in [2.24, 2.45) is 4.99 Å². The van der Waals surface area contributed by atoms with Gasteiger partial charge >= 0.3 is 0 Å². The van der Waals surface area contributed by atoms with Gasteiger partial charge in [-0.3, -0.25) is 4.99 Å². The minimum Gasteiger partial charge on any atom is -0.493 e. The molecule has 0 radical (unpaired) electrons. The van der Waals surface area contributed by atoms with E-state index >= 15 is 0 Å². The molecule has 2 nitrogen and oxygen atoms in total. The van der Waals surface area contributed by atoms with Crippen molar-refractivity contribution in [2.75, 3.05) is 0 Å². The monoisotopic (exact) mass is 277 g/mol. The summed E-state index contributed by atoms with van der Waals surface area (Å²) >= 11 is 3.40. The first kappa shape index (κ1) is 11.1. The number of rotatable bonds is 3. The lowest BCUT2D eigenvalue weighted by atomic mass is 10.2. The zero-order valence-corrected chi connectivity index (χ0v) is 10.4. The topological polar surface area (TPSA) is 21.6 Å². The third-order valence-electron chi connectivity index (χ3n) is 2.19. The van der Waals surface area contributed by atoms with Crippen LogP contribution < -0.4 is 0 Å². The van der Waals surface area contributed by atoms with E-state index in [1.807, 2.05) is 36.4 Å². The van der Waals surface area contributed by atoms with Crippen LogP contribution in [0.4, 0.5) is 0 Å². The molecule has 0 spiro atoms. The normalized spacial score (nSPS) is 14.4. The maximum atomic E-state index is 5.69. The molecule has 0 fully saturated rings. The van der Waals surface area contributed by atoms with Crippen molar-refractivity contribution < 1.29 is 4.74 Å². The Labute approximate surface area is 103 Å². The number of hydrogen-bond donors (Lipinski definition) is 0. The molecule has 1 aromatic rings. The summed E-state index contributed by atoms with van der Waals surface area (Å²) in [5, 5.41) is 0. The predicted octanol–water partition coefficient (Wildman–Crippen LogP) is 3.84. The van der Waals surface area contributed by atoms with E-state index in [-0.39, 0.29) is 0 Å². The molecular weight excluding hydrogens is 266 g/mol. The Kier molecular flexibility index (Phi) is 3.94. The summed E-state index contributed by atoms with van der Waals surface area (Å²) in [6.07, 6.45) is 8.22. The van der Waals surface area contributed by atoms with E-state index in [1.165, 1.54) is 0 Å². The maximum absolute atomic E-state index is 5.69. The van der Waals surface area contributed by atoms with E-state index in [2.05, 4.69) is 20.9 Å². The van der Waals surface area contributed by atoms with Crippen LogP contribution in [0.25, 0.3) is 0 Å². The third kappa shape index (κ3) is 3.35. The van der Waals surface area contributed by atoms with Crippen LogP contribution in [-0.2, 0) is 11.3 Å². The van der Waals surface area contributed by atoms with Crippen LogP contribution in [0.2, 0.25) is 0 Å². The lowest BCUT2D eigenvalue weighted by Crippen LogP contribution is -1.93. The second kappa shape index (κ2) is 5.66. The van der Waals surface area contributed by atoms with E-state index in [1.54, 1.807) is 12.4 Å². The Hall–Kier alpha value is -1.35. The summed E-state index contributed by atoms with van der Waals surface area (Å²) in [4.78, 5) is 4.02. The first-order valence-electron chi connectivity index (χ1n) is 5.09. The molecule has 1 aromatic carbocycles. The highest BCUT2D eigenvalue weighted by Crippen LogP contribution is 2.14. The van der Waals surface area contributed by atoms with Crippen molar-refractivity contribution in [3.63, 3.8) is 0 Å². The Morgan fingerprint density at radius 3 is 2.88 bits per heavy atom. The number of hydrogen-bond acceptors (Lipinski definition) is 2. The fraction of sp³-hybridized carbons (Fsp3) is 0.154. The number of ether oxygens (including phenoxy) is 1. The molecule has 1 aliphatic heterocycles. The molecule has 0 bridgehead atoms. The van der Waals surface area contributed by atoms with Crippen LogP contribution in [0, 0.1) is 0 Å². The number of allylic oxidation sites excluding steroid dienone is 2. The maximum Gasteiger partial charge on any atom is 0.113 e. The van der Waals surface area contributed by atoms with Crippen LogP contribution in [0.5, 0.6) is 0 Å². The van der Waals surface area contributed by atoms with Crippen LogP contribution in [0.15, 0.2) is 57.8 Å². The average molecular weight is 278 g/mol. The number of nitrogens with zero attached hydrogens (tertiary/aromatic N) is 1. The lowest BCUT2D eigenvalue weighted by Gasteiger charge is -2.07. The summed E-state index contributed by atoms with van der Waals surface area (Å²) < 4.78 is 6.78. The quantitative estimate of drug-likeness (QED) is 0.823. The zero-order chi connectivity index (χ0) is 11.2. The molecule has 0 unspecified atom stereocenters. The highest BCUT2D eigenvalue weighted by molar-refractivity contribution is 9.10. The fourth-order valence-electron chi connectivity index (χ4n) is 1.34. The van der Waals surface area contributed by atoms with Crippen molar-refractivity contribution in [3.05, 3.63) is 58.4 Å². The number of benzene rings is 1. The van der Waals surface area contributed by atoms with E-state index in [0.717, 1.165) is 22.2 Å². The van der Waals surface area contributed by atoms with Crippen molar-refractivity contribution in [2.45, 2.75) is 13.0 Å². The molecular formula is C13H12BrNO. The van der Waals surface area contributed by atoms with Gasteiger partial charge < -0.3 is 4.74 Å². The molecule has 0 atom stereocenters. The minimum absolute atomic E-state index is 0.598. The zero-order valence-electron chi connectivity index (χ0n) is 8.77. The lowest BCUT2D eigenvalue weighted by molar-refractivity contribution is 0.195. The second-order valence-electron chi connectivity index (χ2n) is 3.44. The summed E-state index contributed by atoms with van der Waals surface area (Å²) in [6, 6.07) is 8.12. The summed E-state index contributed by atoms with van der Waals surface area (Å²) in [6.45, 7) is 0.598. The molecule has 16 heavy (non-hydrogen) atoms. The minimum atomic E-state index is 0.598. The van der Waals surface area contributed by atoms with Gasteiger partial charge in [-0.1, -0.05) is 34.1 Å². The standard InChI is InChI=1S/C13H12BrNO/c14-12-5-3-11(4-6-12)10-16-13-2-1-8-15-9-7-13/h1,3-9H,2,10H2. The van der Waals surface area contributed by atoms with E-state index in [4.69, 9.17) is 4.74 Å². The molecule has 0 saturated heterocycles. The van der Waals surface area contributed by atoms with Gasteiger partial charge in [-0.25, -0.2) is 0 Å². The molecule has 0 aromatic heterocycles. The summed E-state index contributed by atoms with van der Waals surface area (Å²) in [7, 11) is 0.